The Kier molecular flexibility index (Phi) is 2.25. The van der Waals surface area contributed by atoms with Gasteiger partial charge in [0.2, 0.25) is 0 Å². The predicted molar refractivity (Wildman–Crippen MR) is 54.2 cm³/mol. The lowest BCUT2D eigenvalue weighted by Crippen LogP contribution is -1.98. The zero-order valence-electron chi connectivity index (χ0n) is 8.32. The van der Waals surface area contributed by atoms with Gasteiger partial charge in [-0.1, -0.05) is 19.1 Å². The highest BCUT2D eigenvalue weighted by atomic mass is 16.3. The number of rotatable bonds is 2. The zero-order chi connectivity index (χ0) is 10.1. The lowest BCUT2D eigenvalue weighted by molar-refractivity contribution is 0.273. The first-order valence-electron chi connectivity index (χ1n) is 4.69. The molecule has 3 heteroatoms. The third kappa shape index (κ3) is 1.40. The molecular formula is C11H13NO2. The van der Waals surface area contributed by atoms with Crippen molar-refractivity contribution in [2.45, 2.75) is 19.8 Å². The molecule has 0 spiro atoms. The van der Waals surface area contributed by atoms with E-state index in [-0.39, 0.29) is 12.5 Å². The maximum atomic E-state index is 9.09. The second-order valence-corrected chi connectivity index (χ2v) is 3.51. The molecule has 0 aliphatic rings. The first-order chi connectivity index (χ1) is 6.72. The van der Waals surface area contributed by atoms with Gasteiger partial charge in [-0.15, -0.1) is 0 Å². The molecule has 14 heavy (non-hydrogen) atoms. The van der Waals surface area contributed by atoms with Crippen LogP contribution in [0.5, 0.6) is 0 Å². The average Bonchev–Trinajstić information content (AvgIpc) is 2.56. The Morgan fingerprint density at radius 3 is 3.00 bits per heavy atom. The van der Waals surface area contributed by atoms with Gasteiger partial charge in [0, 0.05) is 25.0 Å². The van der Waals surface area contributed by atoms with Gasteiger partial charge in [-0.3, -0.25) is 0 Å². The molecule has 1 aromatic heterocycles. The van der Waals surface area contributed by atoms with E-state index in [0.717, 1.165) is 16.7 Å². The standard InChI is InChI=1S/C11H13NO2/c1-7(6-13)9-4-3-5-10-11(9)14-8(2)12-10/h3-5,7,13H,6H2,1-2H3. The lowest BCUT2D eigenvalue weighted by atomic mass is 10.0. The Hall–Kier alpha value is -1.35. The summed E-state index contributed by atoms with van der Waals surface area (Å²) in [6, 6.07) is 5.82. The molecule has 74 valence electrons. The summed E-state index contributed by atoms with van der Waals surface area (Å²) in [5, 5.41) is 9.09. The number of oxazole rings is 1. The molecule has 0 saturated heterocycles. The Morgan fingerprint density at radius 2 is 2.29 bits per heavy atom. The van der Waals surface area contributed by atoms with Crippen LogP contribution in [0.2, 0.25) is 0 Å². The number of fused-ring (bicyclic) bond motifs is 1. The number of aliphatic hydroxyl groups excluding tert-OH is 1. The van der Waals surface area contributed by atoms with Crippen molar-refractivity contribution in [3.8, 4) is 0 Å². The normalized spacial score (nSPS) is 13.4. The highest BCUT2D eigenvalue weighted by Crippen LogP contribution is 2.25. The van der Waals surface area contributed by atoms with E-state index in [1.165, 1.54) is 0 Å². The van der Waals surface area contributed by atoms with E-state index in [0.29, 0.717) is 5.89 Å². The molecule has 2 rings (SSSR count). The molecule has 2 aromatic rings. The largest absolute Gasteiger partial charge is 0.441 e. The van der Waals surface area contributed by atoms with Gasteiger partial charge < -0.3 is 9.52 Å². The number of aliphatic hydroxyl groups is 1. The topological polar surface area (TPSA) is 46.3 Å². The van der Waals surface area contributed by atoms with Crippen LogP contribution in [0, 0.1) is 6.92 Å². The van der Waals surface area contributed by atoms with Gasteiger partial charge in [-0.05, 0) is 6.07 Å². The quantitative estimate of drug-likeness (QED) is 0.791. The van der Waals surface area contributed by atoms with Crippen LogP contribution in [0.4, 0.5) is 0 Å². The smallest absolute Gasteiger partial charge is 0.192 e. The van der Waals surface area contributed by atoms with Crippen LogP contribution in [-0.4, -0.2) is 16.7 Å². The summed E-state index contributed by atoms with van der Waals surface area (Å²) in [4.78, 5) is 4.24. The number of para-hydroxylation sites is 1. The van der Waals surface area contributed by atoms with E-state index in [4.69, 9.17) is 9.52 Å². The summed E-state index contributed by atoms with van der Waals surface area (Å²) in [5.41, 5.74) is 2.68. The molecule has 1 heterocycles. The minimum absolute atomic E-state index is 0.0889. The van der Waals surface area contributed by atoms with Crippen LogP contribution in [0.15, 0.2) is 22.6 Å². The Morgan fingerprint density at radius 1 is 1.50 bits per heavy atom. The van der Waals surface area contributed by atoms with Crippen molar-refractivity contribution in [2.24, 2.45) is 0 Å². The monoisotopic (exact) mass is 191 g/mol. The van der Waals surface area contributed by atoms with E-state index in [1.807, 2.05) is 32.0 Å². The van der Waals surface area contributed by atoms with Crippen LogP contribution in [0.3, 0.4) is 0 Å². The van der Waals surface area contributed by atoms with Crippen molar-refractivity contribution in [2.75, 3.05) is 6.61 Å². The summed E-state index contributed by atoms with van der Waals surface area (Å²) in [6.45, 7) is 3.92. The molecule has 0 fully saturated rings. The molecule has 0 bridgehead atoms. The number of hydrogen-bond acceptors (Lipinski definition) is 3. The van der Waals surface area contributed by atoms with Gasteiger partial charge in [0.25, 0.3) is 0 Å². The van der Waals surface area contributed by atoms with Gasteiger partial charge in [-0.2, -0.15) is 0 Å². The Bertz CT molecular complexity index is 447. The fourth-order valence-corrected chi connectivity index (χ4v) is 1.57. The van der Waals surface area contributed by atoms with Crippen molar-refractivity contribution < 1.29 is 9.52 Å². The van der Waals surface area contributed by atoms with Crippen molar-refractivity contribution in [3.05, 3.63) is 29.7 Å². The second kappa shape index (κ2) is 3.42. The van der Waals surface area contributed by atoms with Crippen LogP contribution >= 0.6 is 0 Å². The van der Waals surface area contributed by atoms with Gasteiger partial charge in [0.15, 0.2) is 11.5 Å². The minimum Gasteiger partial charge on any atom is -0.441 e. The maximum Gasteiger partial charge on any atom is 0.192 e. The molecule has 1 aromatic carbocycles. The summed E-state index contributed by atoms with van der Waals surface area (Å²) >= 11 is 0. The molecule has 0 aliphatic heterocycles. The minimum atomic E-state index is 0.0889. The Labute approximate surface area is 82.4 Å². The zero-order valence-corrected chi connectivity index (χ0v) is 8.32. The SMILES string of the molecule is Cc1nc2cccc(C(C)CO)c2o1. The van der Waals surface area contributed by atoms with Crippen LogP contribution < -0.4 is 0 Å². The van der Waals surface area contributed by atoms with Gasteiger partial charge in [0.05, 0.1) is 0 Å². The second-order valence-electron chi connectivity index (χ2n) is 3.51. The molecule has 0 radical (unpaired) electrons. The first-order valence-corrected chi connectivity index (χ1v) is 4.69. The summed E-state index contributed by atoms with van der Waals surface area (Å²) in [7, 11) is 0. The van der Waals surface area contributed by atoms with Crippen molar-refractivity contribution >= 4 is 11.1 Å². The van der Waals surface area contributed by atoms with E-state index < -0.39 is 0 Å². The summed E-state index contributed by atoms with van der Waals surface area (Å²) in [5.74, 6) is 0.753. The van der Waals surface area contributed by atoms with E-state index in [9.17, 15) is 0 Å². The van der Waals surface area contributed by atoms with Gasteiger partial charge >= 0.3 is 0 Å². The third-order valence-corrected chi connectivity index (χ3v) is 2.36. The molecule has 1 atom stereocenters. The maximum absolute atomic E-state index is 9.09. The number of nitrogens with zero attached hydrogens (tertiary/aromatic N) is 1. The Balaban J connectivity index is 2.64. The van der Waals surface area contributed by atoms with Crippen LogP contribution in [0.25, 0.3) is 11.1 Å². The summed E-state index contributed by atoms with van der Waals surface area (Å²) < 4.78 is 5.50. The van der Waals surface area contributed by atoms with Crippen LogP contribution in [-0.2, 0) is 0 Å². The lowest BCUT2D eigenvalue weighted by Gasteiger charge is -2.07. The van der Waals surface area contributed by atoms with Crippen molar-refractivity contribution in [1.29, 1.82) is 0 Å². The molecule has 0 aliphatic carbocycles. The molecular weight excluding hydrogens is 178 g/mol. The number of aryl methyl sites for hydroxylation is 1. The molecule has 0 amide bonds. The van der Waals surface area contributed by atoms with Crippen molar-refractivity contribution in [1.82, 2.24) is 4.98 Å². The fraction of sp³-hybridized carbons (Fsp3) is 0.364. The van der Waals surface area contributed by atoms with Crippen molar-refractivity contribution in [3.63, 3.8) is 0 Å². The highest BCUT2D eigenvalue weighted by molar-refractivity contribution is 5.76. The first kappa shape index (κ1) is 9.21. The van der Waals surface area contributed by atoms with Gasteiger partial charge in [-0.25, -0.2) is 4.98 Å². The number of benzene rings is 1. The van der Waals surface area contributed by atoms with E-state index in [2.05, 4.69) is 4.98 Å². The molecule has 0 saturated carbocycles. The predicted octanol–water partition coefficient (Wildman–Crippen LogP) is 2.23. The molecule has 1 N–H and O–H groups in total. The average molecular weight is 191 g/mol. The fourth-order valence-electron chi connectivity index (χ4n) is 1.57. The number of aromatic nitrogens is 1. The molecule has 1 unspecified atom stereocenters. The van der Waals surface area contributed by atoms with E-state index in [1.54, 1.807) is 0 Å². The number of hydrogen-bond donors (Lipinski definition) is 1. The summed E-state index contributed by atoms with van der Waals surface area (Å²) in [6.07, 6.45) is 0. The third-order valence-electron chi connectivity index (χ3n) is 2.36. The van der Waals surface area contributed by atoms with Gasteiger partial charge in [0.1, 0.15) is 5.52 Å². The molecule has 3 nitrogen and oxygen atoms in total. The van der Waals surface area contributed by atoms with Crippen LogP contribution in [0.1, 0.15) is 24.3 Å². The highest BCUT2D eigenvalue weighted by Gasteiger charge is 2.12. The van der Waals surface area contributed by atoms with E-state index >= 15 is 0 Å².